The van der Waals surface area contributed by atoms with Crippen molar-refractivity contribution in [2.75, 3.05) is 13.2 Å². The molecule has 0 aliphatic carbocycles. The number of amides is 1. The standard InChI is InChI=1S/C71H139NO5/c1-3-5-7-9-11-13-15-17-18-19-20-31-34-37-40-43-47-51-55-59-63-69(74)68(67-73)72-70(75)64-60-56-52-48-44-41-38-35-32-29-27-25-23-21-22-24-26-28-30-33-36-39-42-46-50-54-58-62-66-77-71(76)65-61-57-53-49-45-16-14-12-10-8-6-4-2/h21-22,68-69,73-74H,3-20,23-67H2,1-2H3,(H,72,75)/b22-21-. The molecule has 0 aliphatic rings. The highest BCUT2D eigenvalue weighted by Gasteiger charge is 2.20. The molecule has 0 fully saturated rings. The molecule has 0 aromatic heterocycles. The van der Waals surface area contributed by atoms with Crippen LogP contribution in [0.3, 0.4) is 0 Å². The summed E-state index contributed by atoms with van der Waals surface area (Å²) in [6, 6.07) is -0.541. The summed E-state index contributed by atoms with van der Waals surface area (Å²) >= 11 is 0. The molecule has 2 atom stereocenters. The van der Waals surface area contributed by atoms with Crippen LogP contribution in [0.4, 0.5) is 0 Å². The summed E-state index contributed by atoms with van der Waals surface area (Å²) in [5.41, 5.74) is 0. The van der Waals surface area contributed by atoms with Gasteiger partial charge < -0.3 is 20.3 Å². The van der Waals surface area contributed by atoms with Gasteiger partial charge in [0.2, 0.25) is 5.91 Å². The molecule has 2 unspecified atom stereocenters. The van der Waals surface area contributed by atoms with Gasteiger partial charge in [0, 0.05) is 12.8 Å². The van der Waals surface area contributed by atoms with E-state index in [4.69, 9.17) is 4.74 Å². The molecule has 3 N–H and O–H groups in total. The second-order valence-corrected chi connectivity index (χ2v) is 24.6. The van der Waals surface area contributed by atoms with Crippen LogP contribution in [0.2, 0.25) is 0 Å². The molecule has 0 rings (SSSR count). The third-order valence-corrected chi connectivity index (χ3v) is 16.8. The Morgan fingerprint density at radius 2 is 0.610 bits per heavy atom. The number of nitrogens with one attached hydrogen (secondary N) is 1. The van der Waals surface area contributed by atoms with Crippen LogP contribution < -0.4 is 5.32 Å². The van der Waals surface area contributed by atoms with Crippen molar-refractivity contribution in [3.05, 3.63) is 12.2 Å². The molecule has 0 spiro atoms. The van der Waals surface area contributed by atoms with Gasteiger partial charge in [0.15, 0.2) is 0 Å². The van der Waals surface area contributed by atoms with Gasteiger partial charge in [0.05, 0.1) is 25.4 Å². The lowest BCUT2D eigenvalue weighted by molar-refractivity contribution is -0.143. The van der Waals surface area contributed by atoms with E-state index in [9.17, 15) is 19.8 Å². The lowest BCUT2D eigenvalue weighted by Crippen LogP contribution is -2.45. The molecule has 77 heavy (non-hydrogen) atoms. The summed E-state index contributed by atoms with van der Waals surface area (Å²) in [6.07, 6.45) is 82.6. The maximum atomic E-state index is 12.5. The van der Waals surface area contributed by atoms with Crippen molar-refractivity contribution in [3.8, 4) is 0 Å². The van der Waals surface area contributed by atoms with Crippen molar-refractivity contribution >= 4 is 11.9 Å². The first kappa shape index (κ1) is 75.6. The highest BCUT2D eigenvalue weighted by atomic mass is 16.5. The third-order valence-electron chi connectivity index (χ3n) is 16.8. The predicted molar refractivity (Wildman–Crippen MR) is 338 cm³/mol. The fraction of sp³-hybridized carbons (Fsp3) is 0.944. The monoisotopic (exact) mass is 1090 g/mol. The summed E-state index contributed by atoms with van der Waals surface area (Å²) in [4.78, 5) is 24.6. The van der Waals surface area contributed by atoms with Gasteiger partial charge in [-0.15, -0.1) is 0 Å². The Morgan fingerprint density at radius 1 is 0.351 bits per heavy atom. The highest BCUT2D eigenvalue weighted by Crippen LogP contribution is 2.19. The van der Waals surface area contributed by atoms with Crippen LogP contribution in [-0.4, -0.2) is 47.4 Å². The van der Waals surface area contributed by atoms with Crippen molar-refractivity contribution in [1.82, 2.24) is 5.32 Å². The summed E-state index contributed by atoms with van der Waals surface area (Å²) in [6.45, 7) is 4.99. The van der Waals surface area contributed by atoms with E-state index in [1.54, 1.807) is 0 Å². The Bertz CT molecular complexity index is 1160. The molecule has 0 bridgehead atoms. The van der Waals surface area contributed by atoms with E-state index in [-0.39, 0.29) is 18.5 Å². The fourth-order valence-electron chi connectivity index (χ4n) is 11.4. The zero-order chi connectivity index (χ0) is 55.7. The number of allylic oxidation sites excluding steroid dienone is 2. The SMILES string of the molecule is CCCCCCCCCCCCCCCCCCCCCCC(O)C(CO)NC(=O)CCCCCCCCCCCCCC/C=C\CCCCCCCCCCCCCCOC(=O)CCCCCCCCCCCCCC. The molecule has 458 valence electrons. The molecule has 6 nitrogen and oxygen atoms in total. The molecular formula is C71H139NO5. The highest BCUT2D eigenvalue weighted by molar-refractivity contribution is 5.76. The zero-order valence-electron chi connectivity index (χ0n) is 52.5. The fourth-order valence-corrected chi connectivity index (χ4v) is 11.4. The quantitative estimate of drug-likeness (QED) is 0.0320. The number of aliphatic hydroxyl groups is 2. The largest absolute Gasteiger partial charge is 0.466 e. The van der Waals surface area contributed by atoms with E-state index < -0.39 is 12.1 Å². The Labute approximate surface area is 482 Å². The third kappa shape index (κ3) is 63.6. The molecule has 0 heterocycles. The Morgan fingerprint density at radius 3 is 0.922 bits per heavy atom. The number of carbonyl (C=O) groups excluding carboxylic acids is 2. The van der Waals surface area contributed by atoms with E-state index in [0.29, 0.717) is 25.9 Å². The summed E-state index contributed by atoms with van der Waals surface area (Å²) < 4.78 is 5.48. The zero-order valence-corrected chi connectivity index (χ0v) is 52.5. The summed E-state index contributed by atoms with van der Waals surface area (Å²) in [7, 11) is 0. The number of hydrogen-bond acceptors (Lipinski definition) is 5. The molecule has 1 amide bonds. The lowest BCUT2D eigenvalue weighted by atomic mass is 10.0. The molecule has 0 saturated heterocycles. The van der Waals surface area contributed by atoms with Gasteiger partial charge >= 0.3 is 5.97 Å². The second-order valence-electron chi connectivity index (χ2n) is 24.6. The predicted octanol–water partition coefficient (Wildman–Crippen LogP) is 22.8. The van der Waals surface area contributed by atoms with E-state index in [1.807, 2.05) is 0 Å². The summed E-state index contributed by atoms with van der Waals surface area (Å²) in [5.74, 6) is -0.0127. The normalized spacial score (nSPS) is 12.5. The number of carbonyl (C=O) groups is 2. The number of hydrogen-bond donors (Lipinski definition) is 3. The Hall–Kier alpha value is -1.40. The molecule has 0 radical (unpaired) electrons. The van der Waals surface area contributed by atoms with E-state index in [0.717, 1.165) is 38.5 Å². The minimum Gasteiger partial charge on any atom is -0.466 e. The number of rotatable bonds is 67. The molecular weight excluding hydrogens is 947 g/mol. The van der Waals surface area contributed by atoms with Gasteiger partial charge in [-0.3, -0.25) is 9.59 Å². The van der Waals surface area contributed by atoms with Crippen LogP contribution >= 0.6 is 0 Å². The van der Waals surface area contributed by atoms with E-state index in [2.05, 4.69) is 31.3 Å². The first-order valence-electron chi connectivity index (χ1n) is 35.4. The number of unbranched alkanes of at least 4 members (excludes halogenated alkanes) is 54. The topological polar surface area (TPSA) is 95.9 Å². The molecule has 0 aliphatic heterocycles. The van der Waals surface area contributed by atoms with Gasteiger partial charge in [-0.2, -0.15) is 0 Å². The van der Waals surface area contributed by atoms with Crippen LogP contribution in [-0.2, 0) is 14.3 Å². The van der Waals surface area contributed by atoms with Gasteiger partial charge in [0.1, 0.15) is 0 Å². The van der Waals surface area contributed by atoms with Crippen LogP contribution in [0.25, 0.3) is 0 Å². The average Bonchev–Trinajstić information content (AvgIpc) is 3.43. The molecule has 0 aromatic rings. The van der Waals surface area contributed by atoms with Crippen LogP contribution in [0, 0.1) is 0 Å². The average molecular weight is 1090 g/mol. The van der Waals surface area contributed by atoms with Crippen molar-refractivity contribution < 1.29 is 24.5 Å². The maximum Gasteiger partial charge on any atom is 0.305 e. The van der Waals surface area contributed by atoms with Crippen LogP contribution in [0.5, 0.6) is 0 Å². The Balaban J connectivity index is 3.37. The van der Waals surface area contributed by atoms with Crippen molar-refractivity contribution in [3.63, 3.8) is 0 Å². The minimum atomic E-state index is -0.664. The van der Waals surface area contributed by atoms with Gasteiger partial charge in [0.25, 0.3) is 0 Å². The lowest BCUT2D eigenvalue weighted by Gasteiger charge is -2.22. The molecule has 0 aromatic carbocycles. The maximum absolute atomic E-state index is 12.5. The number of ether oxygens (including phenoxy) is 1. The minimum absolute atomic E-state index is 0.0175. The smallest absolute Gasteiger partial charge is 0.305 e. The van der Waals surface area contributed by atoms with Crippen molar-refractivity contribution in [2.24, 2.45) is 0 Å². The number of esters is 1. The van der Waals surface area contributed by atoms with Gasteiger partial charge in [-0.1, -0.05) is 353 Å². The number of aliphatic hydroxyl groups excluding tert-OH is 2. The van der Waals surface area contributed by atoms with E-state index in [1.165, 1.54) is 334 Å². The van der Waals surface area contributed by atoms with Crippen molar-refractivity contribution in [2.45, 2.75) is 418 Å². The van der Waals surface area contributed by atoms with E-state index >= 15 is 0 Å². The summed E-state index contributed by atoms with van der Waals surface area (Å²) in [5, 5.41) is 23.4. The first-order valence-corrected chi connectivity index (χ1v) is 35.4. The van der Waals surface area contributed by atoms with Crippen molar-refractivity contribution in [1.29, 1.82) is 0 Å². The molecule has 0 saturated carbocycles. The van der Waals surface area contributed by atoms with Crippen LogP contribution in [0.1, 0.15) is 406 Å². The van der Waals surface area contributed by atoms with Gasteiger partial charge in [-0.05, 0) is 51.4 Å². The first-order chi connectivity index (χ1) is 38.0. The van der Waals surface area contributed by atoms with Crippen LogP contribution in [0.15, 0.2) is 12.2 Å². The molecule has 6 heteroatoms. The Kier molecular flexibility index (Phi) is 65.9. The van der Waals surface area contributed by atoms with Gasteiger partial charge in [-0.25, -0.2) is 0 Å². The second kappa shape index (κ2) is 67.1.